The molecule has 1 fully saturated rings. The Morgan fingerprint density at radius 2 is 2.29 bits per heavy atom. The zero-order valence-electron chi connectivity index (χ0n) is 8.08. The van der Waals surface area contributed by atoms with Gasteiger partial charge in [-0.25, -0.2) is 0 Å². The molecule has 1 amide bonds. The number of hydrogen-bond acceptors (Lipinski definition) is 3. The summed E-state index contributed by atoms with van der Waals surface area (Å²) in [5, 5.41) is 3.24. The SMILES string of the molecule is Cc1cncc(NC2CC2)c1C(N)=O. The molecule has 1 aromatic rings. The maximum atomic E-state index is 11.2. The fourth-order valence-corrected chi connectivity index (χ4v) is 1.45. The molecule has 0 saturated heterocycles. The molecule has 14 heavy (non-hydrogen) atoms. The number of nitrogens with two attached hydrogens (primary N) is 1. The van der Waals surface area contributed by atoms with Crippen molar-refractivity contribution in [1.82, 2.24) is 4.98 Å². The third-order valence-electron chi connectivity index (χ3n) is 2.32. The summed E-state index contributed by atoms with van der Waals surface area (Å²) in [5.74, 6) is -0.395. The molecule has 0 unspecified atom stereocenters. The van der Waals surface area contributed by atoms with E-state index in [0.29, 0.717) is 11.6 Å². The van der Waals surface area contributed by atoms with Crippen LogP contribution in [-0.2, 0) is 0 Å². The molecule has 1 aromatic heterocycles. The van der Waals surface area contributed by atoms with Gasteiger partial charge in [0.1, 0.15) is 0 Å². The minimum absolute atomic E-state index is 0.395. The van der Waals surface area contributed by atoms with Crippen molar-refractivity contribution in [3.05, 3.63) is 23.5 Å². The van der Waals surface area contributed by atoms with E-state index in [1.165, 1.54) is 0 Å². The highest BCUT2D eigenvalue weighted by Gasteiger charge is 2.23. The van der Waals surface area contributed by atoms with Gasteiger partial charge < -0.3 is 11.1 Å². The molecule has 0 bridgehead atoms. The van der Waals surface area contributed by atoms with Crippen molar-refractivity contribution < 1.29 is 4.79 Å². The number of nitrogens with zero attached hydrogens (tertiary/aromatic N) is 1. The Kier molecular flexibility index (Phi) is 2.11. The first-order valence-corrected chi connectivity index (χ1v) is 4.69. The van der Waals surface area contributed by atoms with Crippen molar-refractivity contribution in [3.63, 3.8) is 0 Å². The standard InChI is InChI=1S/C10H13N3O/c1-6-4-12-5-8(9(6)10(11)14)13-7-2-3-7/h4-5,7,13H,2-3H2,1H3,(H2,11,14). The van der Waals surface area contributed by atoms with Crippen molar-refractivity contribution in [2.75, 3.05) is 5.32 Å². The predicted octanol–water partition coefficient (Wildman–Crippen LogP) is 1.06. The van der Waals surface area contributed by atoms with Gasteiger partial charge in [-0.3, -0.25) is 9.78 Å². The van der Waals surface area contributed by atoms with Gasteiger partial charge >= 0.3 is 0 Å². The second-order valence-corrected chi connectivity index (χ2v) is 3.66. The molecule has 0 aliphatic heterocycles. The molecule has 1 aliphatic carbocycles. The Hall–Kier alpha value is -1.58. The number of hydrogen-bond donors (Lipinski definition) is 2. The lowest BCUT2D eigenvalue weighted by molar-refractivity contribution is 0.100. The summed E-state index contributed by atoms with van der Waals surface area (Å²) >= 11 is 0. The smallest absolute Gasteiger partial charge is 0.251 e. The third kappa shape index (κ3) is 1.69. The number of carbonyl (C=O) groups is 1. The van der Waals surface area contributed by atoms with E-state index in [-0.39, 0.29) is 0 Å². The Morgan fingerprint density at radius 3 is 2.86 bits per heavy atom. The highest BCUT2D eigenvalue weighted by atomic mass is 16.1. The molecular weight excluding hydrogens is 178 g/mol. The van der Waals surface area contributed by atoms with Crippen molar-refractivity contribution in [2.45, 2.75) is 25.8 Å². The van der Waals surface area contributed by atoms with Crippen LogP contribution in [0.3, 0.4) is 0 Å². The Bertz CT molecular complexity index is 372. The van der Waals surface area contributed by atoms with Gasteiger partial charge in [-0.05, 0) is 25.3 Å². The van der Waals surface area contributed by atoms with Crippen LogP contribution in [0.2, 0.25) is 0 Å². The number of amides is 1. The lowest BCUT2D eigenvalue weighted by Crippen LogP contribution is -2.17. The Morgan fingerprint density at radius 1 is 1.57 bits per heavy atom. The molecule has 0 spiro atoms. The van der Waals surface area contributed by atoms with Gasteiger partial charge in [0, 0.05) is 12.2 Å². The molecule has 1 heterocycles. The third-order valence-corrected chi connectivity index (χ3v) is 2.32. The number of pyridine rings is 1. The highest BCUT2D eigenvalue weighted by molar-refractivity contribution is 5.99. The Labute approximate surface area is 82.5 Å². The molecule has 1 aliphatic rings. The molecule has 4 heteroatoms. The van der Waals surface area contributed by atoms with Gasteiger partial charge in [-0.15, -0.1) is 0 Å². The summed E-state index contributed by atoms with van der Waals surface area (Å²) in [7, 11) is 0. The largest absolute Gasteiger partial charge is 0.380 e. The van der Waals surface area contributed by atoms with Crippen LogP contribution in [0.5, 0.6) is 0 Å². The lowest BCUT2D eigenvalue weighted by atomic mass is 10.1. The monoisotopic (exact) mass is 191 g/mol. The van der Waals surface area contributed by atoms with Gasteiger partial charge in [-0.2, -0.15) is 0 Å². The van der Waals surface area contributed by atoms with E-state index in [9.17, 15) is 4.79 Å². The molecule has 4 nitrogen and oxygen atoms in total. The van der Waals surface area contributed by atoms with Gasteiger partial charge in [0.15, 0.2) is 0 Å². The summed E-state index contributed by atoms with van der Waals surface area (Å²) < 4.78 is 0. The molecule has 0 atom stereocenters. The van der Waals surface area contributed by atoms with Crippen LogP contribution in [0.1, 0.15) is 28.8 Å². The number of primary amides is 1. The lowest BCUT2D eigenvalue weighted by Gasteiger charge is -2.10. The van der Waals surface area contributed by atoms with Crippen LogP contribution in [0, 0.1) is 6.92 Å². The van der Waals surface area contributed by atoms with E-state index in [4.69, 9.17) is 5.73 Å². The van der Waals surface area contributed by atoms with Crippen LogP contribution < -0.4 is 11.1 Å². The maximum Gasteiger partial charge on any atom is 0.251 e. The topological polar surface area (TPSA) is 68.0 Å². The first kappa shape index (κ1) is 8.99. The second-order valence-electron chi connectivity index (χ2n) is 3.66. The first-order chi connectivity index (χ1) is 6.68. The van der Waals surface area contributed by atoms with Gasteiger partial charge in [0.2, 0.25) is 0 Å². The van der Waals surface area contributed by atoms with Crippen molar-refractivity contribution >= 4 is 11.6 Å². The van der Waals surface area contributed by atoms with Gasteiger partial charge in [-0.1, -0.05) is 0 Å². The van der Waals surface area contributed by atoms with E-state index >= 15 is 0 Å². The molecule has 2 rings (SSSR count). The number of rotatable bonds is 3. The van der Waals surface area contributed by atoms with Crippen LogP contribution >= 0.6 is 0 Å². The highest BCUT2D eigenvalue weighted by Crippen LogP contribution is 2.27. The van der Waals surface area contributed by atoms with E-state index in [1.54, 1.807) is 12.4 Å². The number of anilines is 1. The summed E-state index contributed by atoms with van der Waals surface area (Å²) in [5.41, 5.74) is 7.45. The Balaban J connectivity index is 2.35. The van der Waals surface area contributed by atoms with E-state index in [1.807, 2.05) is 6.92 Å². The van der Waals surface area contributed by atoms with Crippen LogP contribution in [0.25, 0.3) is 0 Å². The molecular formula is C10H13N3O. The summed E-state index contributed by atoms with van der Waals surface area (Å²) in [4.78, 5) is 15.2. The average Bonchev–Trinajstić information content (AvgIpc) is 2.87. The second kappa shape index (κ2) is 3.29. The van der Waals surface area contributed by atoms with E-state index in [2.05, 4.69) is 10.3 Å². The van der Waals surface area contributed by atoms with E-state index in [0.717, 1.165) is 24.1 Å². The van der Waals surface area contributed by atoms with Crippen LogP contribution in [-0.4, -0.2) is 16.9 Å². The number of aromatic nitrogens is 1. The van der Waals surface area contributed by atoms with Gasteiger partial charge in [0.05, 0.1) is 17.4 Å². The summed E-state index contributed by atoms with van der Waals surface area (Å²) in [6, 6.07) is 0.497. The maximum absolute atomic E-state index is 11.2. The van der Waals surface area contributed by atoms with Crippen molar-refractivity contribution in [1.29, 1.82) is 0 Å². The van der Waals surface area contributed by atoms with Crippen LogP contribution in [0.4, 0.5) is 5.69 Å². The fraction of sp³-hybridized carbons (Fsp3) is 0.400. The van der Waals surface area contributed by atoms with Crippen LogP contribution in [0.15, 0.2) is 12.4 Å². The molecule has 0 aromatic carbocycles. The first-order valence-electron chi connectivity index (χ1n) is 4.69. The fourth-order valence-electron chi connectivity index (χ4n) is 1.45. The number of nitrogens with one attached hydrogen (secondary N) is 1. The van der Waals surface area contributed by atoms with E-state index < -0.39 is 5.91 Å². The molecule has 0 radical (unpaired) electrons. The molecule has 3 N–H and O–H groups in total. The summed E-state index contributed by atoms with van der Waals surface area (Å²) in [6.45, 7) is 1.84. The quantitative estimate of drug-likeness (QED) is 0.750. The average molecular weight is 191 g/mol. The minimum Gasteiger partial charge on any atom is -0.380 e. The minimum atomic E-state index is -0.395. The molecule has 74 valence electrons. The van der Waals surface area contributed by atoms with Crippen molar-refractivity contribution in [2.24, 2.45) is 5.73 Å². The predicted molar refractivity (Wildman–Crippen MR) is 54.1 cm³/mol. The molecule has 1 saturated carbocycles. The normalized spacial score (nSPS) is 15.2. The van der Waals surface area contributed by atoms with Gasteiger partial charge in [0.25, 0.3) is 5.91 Å². The number of carbonyl (C=O) groups excluding carboxylic acids is 1. The zero-order chi connectivity index (χ0) is 10.1. The van der Waals surface area contributed by atoms with Crippen molar-refractivity contribution in [3.8, 4) is 0 Å². The summed E-state index contributed by atoms with van der Waals surface area (Å²) in [6.07, 6.45) is 5.63. The number of aryl methyl sites for hydroxylation is 1. The zero-order valence-corrected chi connectivity index (χ0v) is 8.08.